The Kier molecular flexibility index (Phi) is 4.23. The fourth-order valence-electron chi connectivity index (χ4n) is 1.43. The summed E-state index contributed by atoms with van der Waals surface area (Å²) in [5.74, 6) is 0.267. The van der Waals surface area contributed by atoms with Gasteiger partial charge in [-0.3, -0.25) is 9.78 Å². The van der Waals surface area contributed by atoms with Crippen molar-refractivity contribution < 1.29 is 4.79 Å². The Morgan fingerprint density at radius 1 is 1.50 bits per heavy atom. The summed E-state index contributed by atoms with van der Waals surface area (Å²) in [5, 5.41) is 3.19. The van der Waals surface area contributed by atoms with E-state index >= 15 is 0 Å². The molecule has 0 saturated heterocycles. The lowest BCUT2D eigenvalue weighted by atomic mass is 9.96. The van der Waals surface area contributed by atoms with Crippen LogP contribution in [0.4, 0.5) is 5.69 Å². The topological polar surface area (TPSA) is 42.0 Å². The van der Waals surface area contributed by atoms with E-state index in [0.717, 1.165) is 5.69 Å². The third kappa shape index (κ3) is 3.19. The van der Waals surface area contributed by atoms with Crippen LogP contribution in [0.5, 0.6) is 0 Å². The summed E-state index contributed by atoms with van der Waals surface area (Å²) in [5.41, 5.74) is 1.44. The van der Waals surface area contributed by atoms with Crippen LogP contribution >= 0.6 is 0 Å². The van der Waals surface area contributed by atoms with E-state index in [9.17, 15) is 4.79 Å². The molecule has 1 aromatic heterocycles. The van der Waals surface area contributed by atoms with Crippen LogP contribution in [0.1, 0.15) is 20.8 Å². The van der Waals surface area contributed by atoms with Gasteiger partial charge in [0, 0.05) is 12.4 Å². The Balaban J connectivity index is 2.81. The molecule has 1 unspecified atom stereocenters. The number of Topliss-reactive ketones (excluding diaryl/α,β-unsaturated/α-hetero) is 1. The average molecular weight is 218 g/mol. The zero-order valence-corrected chi connectivity index (χ0v) is 10.0. The van der Waals surface area contributed by atoms with Crippen molar-refractivity contribution in [2.24, 2.45) is 5.92 Å². The maximum Gasteiger partial charge on any atom is 0.180 e. The van der Waals surface area contributed by atoms with Crippen LogP contribution in [0.15, 0.2) is 36.7 Å². The van der Waals surface area contributed by atoms with Crippen LogP contribution < -0.4 is 5.32 Å². The lowest BCUT2D eigenvalue weighted by Crippen LogP contribution is -2.34. The lowest BCUT2D eigenvalue weighted by Gasteiger charge is -2.22. The number of nitrogens with one attached hydrogen (secondary N) is 1. The van der Waals surface area contributed by atoms with Gasteiger partial charge < -0.3 is 5.32 Å². The van der Waals surface area contributed by atoms with Crippen molar-refractivity contribution in [2.45, 2.75) is 26.8 Å². The molecule has 1 heterocycles. The molecule has 0 fully saturated rings. The average Bonchev–Trinajstić information content (AvgIpc) is 2.26. The van der Waals surface area contributed by atoms with Gasteiger partial charge in [0.15, 0.2) is 5.78 Å². The molecule has 0 amide bonds. The maximum atomic E-state index is 11.9. The minimum absolute atomic E-state index is 0.0545. The molecule has 0 radical (unpaired) electrons. The van der Waals surface area contributed by atoms with Crippen molar-refractivity contribution in [3.05, 3.63) is 36.7 Å². The van der Waals surface area contributed by atoms with E-state index in [1.54, 1.807) is 19.3 Å². The monoisotopic (exact) mass is 218 g/mol. The molecule has 1 aromatic rings. The van der Waals surface area contributed by atoms with Crippen molar-refractivity contribution in [3.63, 3.8) is 0 Å². The van der Waals surface area contributed by atoms with Crippen LogP contribution in [0, 0.1) is 5.92 Å². The number of hydrogen-bond acceptors (Lipinski definition) is 3. The smallest absolute Gasteiger partial charge is 0.180 e. The van der Waals surface area contributed by atoms with Gasteiger partial charge in [-0.2, -0.15) is 0 Å². The van der Waals surface area contributed by atoms with Crippen LogP contribution in [-0.2, 0) is 4.79 Å². The Bertz CT molecular complexity index is 371. The summed E-state index contributed by atoms with van der Waals surface area (Å²) in [6.07, 6.45) is 3.41. The third-order valence-corrected chi connectivity index (χ3v) is 2.35. The first-order valence-electron chi connectivity index (χ1n) is 5.38. The minimum atomic E-state index is -0.235. The summed E-state index contributed by atoms with van der Waals surface area (Å²) in [7, 11) is 0. The number of anilines is 1. The molecule has 86 valence electrons. The second-order valence-electron chi connectivity index (χ2n) is 4.25. The molecule has 0 bridgehead atoms. The van der Waals surface area contributed by atoms with Gasteiger partial charge in [-0.15, -0.1) is 0 Å². The Labute approximate surface area is 96.6 Å². The molecule has 0 spiro atoms. The Morgan fingerprint density at radius 2 is 2.19 bits per heavy atom. The van der Waals surface area contributed by atoms with Crippen molar-refractivity contribution in [1.82, 2.24) is 4.98 Å². The molecule has 0 aliphatic carbocycles. The summed E-state index contributed by atoms with van der Waals surface area (Å²) in [4.78, 5) is 15.9. The molecule has 0 aliphatic rings. The third-order valence-electron chi connectivity index (χ3n) is 2.35. The van der Waals surface area contributed by atoms with Gasteiger partial charge in [0.05, 0.1) is 11.7 Å². The zero-order valence-electron chi connectivity index (χ0n) is 10.0. The molecule has 1 N–H and O–H groups in total. The van der Waals surface area contributed by atoms with Crippen LogP contribution in [0.2, 0.25) is 0 Å². The Hall–Kier alpha value is -1.64. The van der Waals surface area contributed by atoms with Gasteiger partial charge in [0.1, 0.15) is 0 Å². The fraction of sp³-hybridized carbons (Fsp3) is 0.385. The number of rotatable bonds is 5. The molecule has 3 heteroatoms. The predicted molar refractivity (Wildman–Crippen MR) is 66.3 cm³/mol. The SMILES string of the molecule is C=C(C)C(=O)C(Nc1cccnc1)C(C)C. The van der Waals surface area contributed by atoms with Crippen molar-refractivity contribution >= 4 is 11.5 Å². The predicted octanol–water partition coefficient (Wildman–Crippen LogP) is 2.66. The summed E-state index contributed by atoms with van der Waals surface area (Å²) in [6, 6.07) is 3.50. The fourth-order valence-corrected chi connectivity index (χ4v) is 1.43. The molecule has 3 nitrogen and oxygen atoms in total. The van der Waals surface area contributed by atoms with Crippen LogP contribution in [0.25, 0.3) is 0 Å². The van der Waals surface area contributed by atoms with E-state index in [2.05, 4.69) is 16.9 Å². The van der Waals surface area contributed by atoms with Gasteiger partial charge in [0.25, 0.3) is 0 Å². The second-order valence-corrected chi connectivity index (χ2v) is 4.25. The highest BCUT2D eigenvalue weighted by Crippen LogP contribution is 2.14. The molecule has 1 atom stereocenters. The maximum absolute atomic E-state index is 11.9. The van der Waals surface area contributed by atoms with E-state index in [4.69, 9.17) is 0 Å². The first-order chi connectivity index (χ1) is 7.52. The molecule has 0 aliphatic heterocycles. The van der Waals surface area contributed by atoms with E-state index in [0.29, 0.717) is 5.57 Å². The lowest BCUT2D eigenvalue weighted by molar-refractivity contribution is -0.116. The molecule has 16 heavy (non-hydrogen) atoms. The van der Waals surface area contributed by atoms with E-state index in [-0.39, 0.29) is 17.7 Å². The van der Waals surface area contributed by atoms with Gasteiger partial charge in [-0.05, 0) is 30.5 Å². The molecule has 0 aromatic carbocycles. The number of hydrogen-bond donors (Lipinski definition) is 1. The first kappa shape index (κ1) is 12.4. The number of carbonyl (C=O) groups excluding carboxylic acids is 1. The first-order valence-corrected chi connectivity index (χ1v) is 5.38. The molecular weight excluding hydrogens is 200 g/mol. The largest absolute Gasteiger partial charge is 0.373 e. The number of ketones is 1. The van der Waals surface area contributed by atoms with E-state index in [1.165, 1.54) is 0 Å². The minimum Gasteiger partial charge on any atom is -0.373 e. The zero-order chi connectivity index (χ0) is 12.1. The van der Waals surface area contributed by atoms with Crippen LogP contribution in [-0.4, -0.2) is 16.8 Å². The van der Waals surface area contributed by atoms with Crippen LogP contribution in [0.3, 0.4) is 0 Å². The molecule has 1 rings (SSSR count). The number of carbonyl (C=O) groups is 1. The van der Waals surface area contributed by atoms with E-state index < -0.39 is 0 Å². The van der Waals surface area contributed by atoms with Crippen molar-refractivity contribution in [3.8, 4) is 0 Å². The quantitative estimate of drug-likeness (QED) is 0.772. The van der Waals surface area contributed by atoms with Gasteiger partial charge in [-0.25, -0.2) is 0 Å². The Morgan fingerprint density at radius 3 is 2.62 bits per heavy atom. The van der Waals surface area contributed by atoms with Gasteiger partial charge in [-0.1, -0.05) is 20.4 Å². The number of nitrogens with zero attached hydrogens (tertiary/aromatic N) is 1. The highest BCUT2D eigenvalue weighted by atomic mass is 16.1. The van der Waals surface area contributed by atoms with Gasteiger partial charge in [0.2, 0.25) is 0 Å². The molecular formula is C13H18N2O. The van der Waals surface area contributed by atoms with Crippen molar-refractivity contribution in [2.75, 3.05) is 5.32 Å². The molecule has 0 saturated carbocycles. The summed E-state index contributed by atoms with van der Waals surface area (Å²) < 4.78 is 0. The standard InChI is InChI=1S/C13H18N2O/c1-9(2)12(13(16)10(3)4)15-11-6-5-7-14-8-11/h5-9,12,15H,3H2,1-2,4H3. The number of aromatic nitrogens is 1. The normalized spacial score (nSPS) is 12.2. The second kappa shape index (κ2) is 5.45. The summed E-state index contributed by atoms with van der Waals surface area (Å²) >= 11 is 0. The van der Waals surface area contributed by atoms with E-state index in [1.807, 2.05) is 26.0 Å². The summed E-state index contributed by atoms with van der Waals surface area (Å²) in [6.45, 7) is 9.45. The highest BCUT2D eigenvalue weighted by molar-refractivity contribution is 6.00. The number of pyridine rings is 1. The van der Waals surface area contributed by atoms with Crippen molar-refractivity contribution in [1.29, 1.82) is 0 Å². The highest BCUT2D eigenvalue weighted by Gasteiger charge is 2.22. The van der Waals surface area contributed by atoms with Gasteiger partial charge >= 0.3 is 0 Å².